The average Bonchev–Trinajstić information content (AvgIpc) is 2.63. The van der Waals surface area contributed by atoms with Crippen LogP contribution in [0.1, 0.15) is 22.8 Å². The first-order chi connectivity index (χ1) is 12.6. The Kier molecular flexibility index (Phi) is 6.35. The number of ether oxygens (including phenoxy) is 1. The van der Waals surface area contributed by atoms with Crippen LogP contribution in [0.4, 0.5) is 5.69 Å². The van der Waals surface area contributed by atoms with Crippen LogP contribution in [-0.4, -0.2) is 44.8 Å². The summed E-state index contributed by atoms with van der Waals surface area (Å²) < 4.78 is 30.3. The Morgan fingerprint density at radius 3 is 2.07 bits per heavy atom. The van der Waals surface area contributed by atoms with Gasteiger partial charge in [-0.3, -0.25) is 4.79 Å². The number of carbonyl (C=O) groups excluding carboxylic acids is 2. The van der Waals surface area contributed by atoms with E-state index in [1.54, 1.807) is 12.1 Å². The van der Waals surface area contributed by atoms with Crippen molar-refractivity contribution >= 4 is 27.6 Å². The summed E-state index contributed by atoms with van der Waals surface area (Å²) in [5, 5.41) is 2.67. The topological polar surface area (TPSA) is 92.8 Å². The molecule has 144 valence electrons. The van der Waals surface area contributed by atoms with Gasteiger partial charge in [-0.25, -0.2) is 17.5 Å². The molecule has 0 radical (unpaired) electrons. The average molecular weight is 390 g/mol. The Labute approximate surface area is 159 Å². The minimum atomic E-state index is -3.58. The van der Waals surface area contributed by atoms with Crippen LogP contribution >= 0.6 is 0 Å². The zero-order valence-electron chi connectivity index (χ0n) is 15.6. The summed E-state index contributed by atoms with van der Waals surface area (Å²) in [6, 6.07) is 12.6. The monoisotopic (exact) mass is 390 g/mol. The quantitative estimate of drug-likeness (QED) is 0.765. The zero-order chi connectivity index (χ0) is 20.2. The Morgan fingerprint density at radius 1 is 1.00 bits per heavy atom. The van der Waals surface area contributed by atoms with Crippen LogP contribution < -0.4 is 5.32 Å². The summed E-state index contributed by atoms with van der Waals surface area (Å²) in [6.07, 6.45) is -1.01. The fourth-order valence-corrected chi connectivity index (χ4v) is 3.04. The highest BCUT2D eigenvalue weighted by Gasteiger charge is 2.21. The SMILES string of the molecule is Cc1ccc(NC(=O)[C@@H](C)OC(=O)c2ccc(S(=O)(=O)N(C)C)cc2)cc1. The molecule has 0 aliphatic carbocycles. The number of hydrogen-bond donors (Lipinski definition) is 1. The second-order valence-corrected chi connectivity index (χ2v) is 8.37. The summed E-state index contributed by atoms with van der Waals surface area (Å²) in [7, 11) is -0.732. The van der Waals surface area contributed by atoms with Crippen molar-refractivity contribution in [2.45, 2.75) is 24.8 Å². The van der Waals surface area contributed by atoms with Gasteiger partial charge in [-0.05, 0) is 50.2 Å². The van der Waals surface area contributed by atoms with Crippen LogP contribution in [0, 0.1) is 6.92 Å². The third-order valence-electron chi connectivity index (χ3n) is 3.84. The Bertz CT molecular complexity index is 920. The van der Waals surface area contributed by atoms with Gasteiger partial charge in [0.2, 0.25) is 10.0 Å². The number of amides is 1. The summed E-state index contributed by atoms with van der Waals surface area (Å²) in [4.78, 5) is 24.4. The number of anilines is 1. The van der Waals surface area contributed by atoms with Gasteiger partial charge in [0, 0.05) is 19.8 Å². The van der Waals surface area contributed by atoms with Gasteiger partial charge in [0.25, 0.3) is 5.91 Å². The number of rotatable bonds is 6. The molecule has 7 nitrogen and oxygen atoms in total. The van der Waals surface area contributed by atoms with E-state index in [2.05, 4.69) is 5.32 Å². The Balaban J connectivity index is 2.01. The van der Waals surface area contributed by atoms with Gasteiger partial charge in [-0.15, -0.1) is 0 Å². The van der Waals surface area contributed by atoms with Gasteiger partial charge in [0.05, 0.1) is 10.5 Å². The van der Waals surface area contributed by atoms with E-state index < -0.39 is 28.0 Å². The van der Waals surface area contributed by atoms with Crippen molar-refractivity contribution in [2.75, 3.05) is 19.4 Å². The second kappa shape index (κ2) is 8.32. The molecule has 0 aliphatic rings. The number of esters is 1. The van der Waals surface area contributed by atoms with E-state index in [1.165, 1.54) is 45.3 Å². The molecule has 1 atom stereocenters. The van der Waals surface area contributed by atoms with Crippen LogP contribution in [0.2, 0.25) is 0 Å². The first-order valence-electron chi connectivity index (χ1n) is 8.22. The van der Waals surface area contributed by atoms with Crippen molar-refractivity contribution in [2.24, 2.45) is 0 Å². The van der Waals surface area contributed by atoms with Crippen molar-refractivity contribution < 1.29 is 22.7 Å². The van der Waals surface area contributed by atoms with Gasteiger partial charge in [-0.2, -0.15) is 0 Å². The van der Waals surface area contributed by atoms with Gasteiger partial charge in [-0.1, -0.05) is 17.7 Å². The van der Waals surface area contributed by atoms with E-state index in [0.717, 1.165) is 9.87 Å². The molecule has 2 aromatic carbocycles. The summed E-state index contributed by atoms with van der Waals surface area (Å²) >= 11 is 0. The van der Waals surface area contributed by atoms with E-state index in [1.807, 2.05) is 19.1 Å². The third-order valence-corrected chi connectivity index (χ3v) is 5.67. The molecule has 2 rings (SSSR count). The van der Waals surface area contributed by atoms with Crippen LogP contribution in [0.5, 0.6) is 0 Å². The molecule has 1 N–H and O–H groups in total. The first-order valence-corrected chi connectivity index (χ1v) is 9.66. The fourth-order valence-electron chi connectivity index (χ4n) is 2.14. The molecule has 0 bridgehead atoms. The van der Waals surface area contributed by atoms with Crippen LogP contribution in [-0.2, 0) is 19.6 Å². The second-order valence-electron chi connectivity index (χ2n) is 6.21. The number of nitrogens with one attached hydrogen (secondary N) is 1. The summed E-state index contributed by atoms with van der Waals surface area (Å²) in [5.74, 6) is -1.17. The lowest BCUT2D eigenvalue weighted by atomic mass is 10.2. The molecule has 0 aromatic heterocycles. The summed E-state index contributed by atoms with van der Waals surface area (Å²) in [6.45, 7) is 3.40. The molecule has 0 fully saturated rings. The van der Waals surface area contributed by atoms with Crippen molar-refractivity contribution in [3.05, 3.63) is 59.7 Å². The predicted octanol–water partition coefficient (Wildman–Crippen LogP) is 2.43. The molecule has 0 spiro atoms. The van der Waals surface area contributed by atoms with E-state index in [-0.39, 0.29) is 10.5 Å². The molecular formula is C19H22N2O5S. The van der Waals surface area contributed by atoms with Gasteiger partial charge in [0.15, 0.2) is 6.10 Å². The minimum Gasteiger partial charge on any atom is -0.449 e. The van der Waals surface area contributed by atoms with Crippen molar-refractivity contribution in [1.29, 1.82) is 0 Å². The molecule has 0 saturated carbocycles. The highest BCUT2D eigenvalue weighted by atomic mass is 32.2. The van der Waals surface area contributed by atoms with E-state index >= 15 is 0 Å². The lowest BCUT2D eigenvalue weighted by Gasteiger charge is -2.14. The van der Waals surface area contributed by atoms with E-state index in [9.17, 15) is 18.0 Å². The lowest BCUT2D eigenvalue weighted by Crippen LogP contribution is -2.30. The van der Waals surface area contributed by atoms with Crippen LogP contribution in [0.15, 0.2) is 53.4 Å². The maximum atomic E-state index is 12.2. The third kappa shape index (κ3) is 5.15. The Morgan fingerprint density at radius 2 is 1.56 bits per heavy atom. The maximum absolute atomic E-state index is 12.2. The molecule has 8 heteroatoms. The standard InChI is InChI=1S/C19H22N2O5S/c1-13-5-9-16(10-6-13)20-18(22)14(2)26-19(23)15-7-11-17(12-8-15)27(24,25)21(3)4/h5-12,14H,1-4H3,(H,20,22)/t14-/m1/s1. The van der Waals surface area contributed by atoms with E-state index in [0.29, 0.717) is 5.69 Å². The normalized spacial score (nSPS) is 12.5. The van der Waals surface area contributed by atoms with Crippen molar-refractivity contribution in [3.63, 3.8) is 0 Å². The number of hydrogen-bond acceptors (Lipinski definition) is 5. The molecule has 0 unspecified atom stereocenters. The molecule has 1 amide bonds. The first kappa shape index (κ1) is 20.6. The van der Waals surface area contributed by atoms with Crippen molar-refractivity contribution in [1.82, 2.24) is 4.31 Å². The number of aryl methyl sites for hydroxylation is 1. The molecule has 2 aromatic rings. The highest BCUT2D eigenvalue weighted by molar-refractivity contribution is 7.89. The molecule has 0 heterocycles. The lowest BCUT2D eigenvalue weighted by molar-refractivity contribution is -0.123. The van der Waals surface area contributed by atoms with E-state index in [4.69, 9.17) is 4.74 Å². The predicted molar refractivity (Wildman–Crippen MR) is 102 cm³/mol. The smallest absolute Gasteiger partial charge is 0.338 e. The largest absolute Gasteiger partial charge is 0.449 e. The number of nitrogens with zero attached hydrogens (tertiary/aromatic N) is 1. The Hall–Kier alpha value is -2.71. The maximum Gasteiger partial charge on any atom is 0.338 e. The number of benzene rings is 2. The number of carbonyl (C=O) groups is 2. The fraction of sp³-hybridized carbons (Fsp3) is 0.263. The molecule has 0 saturated heterocycles. The van der Waals surface area contributed by atoms with Crippen molar-refractivity contribution in [3.8, 4) is 0 Å². The van der Waals surface area contributed by atoms with Crippen LogP contribution in [0.3, 0.4) is 0 Å². The number of sulfonamides is 1. The molecular weight excluding hydrogens is 368 g/mol. The molecule has 27 heavy (non-hydrogen) atoms. The highest BCUT2D eigenvalue weighted by Crippen LogP contribution is 2.15. The van der Waals surface area contributed by atoms with Gasteiger partial charge in [0.1, 0.15) is 0 Å². The van der Waals surface area contributed by atoms with Gasteiger partial charge < -0.3 is 10.1 Å². The summed E-state index contributed by atoms with van der Waals surface area (Å²) in [5.41, 5.74) is 1.82. The van der Waals surface area contributed by atoms with Gasteiger partial charge >= 0.3 is 5.97 Å². The van der Waals surface area contributed by atoms with Crippen LogP contribution in [0.25, 0.3) is 0 Å². The minimum absolute atomic E-state index is 0.0641. The zero-order valence-corrected chi connectivity index (χ0v) is 16.4. The molecule has 0 aliphatic heterocycles.